The molecule has 2 aromatic carbocycles. The molecule has 2 amide bonds. The van der Waals surface area contributed by atoms with Crippen molar-refractivity contribution in [2.24, 2.45) is 5.10 Å². The predicted octanol–water partition coefficient (Wildman–Crippen LogP) is 4.05. The number of nitrogens with one attached hydrogen (secondary N) is 2. The van der Waals surface area contributed by atoms with Gasteiger partial charge in [0.1, 0.15) is 11.5 Å². The molecule has 0 atom stereocenters. The van der Waals surface area contributed by atoms with Crippen LogP contribution in [0.15, 0.2) is 70.4 Å². The number of nitrogens with zero attached hydrogens (tertiary/aromatic N) is 1. The first-order valence-corrected chi connectivity index (χ1v) is 9.57. The molecular formula is C21H17Cl2N3O4. The Bertz CT molecular complexity index is 1030. The summed E-state index contributed by atoms with van der Waals surface area (Å²) < 4.78 is 10.6. The maximum atomic E-state index is 12.1. The van der Waals surface area contributed by atoms with Crippen molar-refractivity contribution in [3.8, 4) is 5.75 Å². The number of halogens is 2. The van der Waals surface area contributed by atoms with E-state index in [1.165, 1.54) is 18.3 Å². The minimum Gasteiger partial charge on any atom is -0.484 e. The number of rotatable bonds is 8. The summed E-state index contributed by atoms with van der Waals surface area (Å²) in [6.07, 6.45) is 3.02. The molecule has 3 aromatic rings. The second kappa shape index (κ2) is 10.5. The quantitative estimate of drug-likeness (QED) is 0.404. The van der Waals surface area contributed by atoms with Crippen molar-refractivity contribution in [2.75, 3.05) is 6.61 Å². The molecule has 1 aromatic heterocycles. The summed E-state index contributed by atoms with van der Waals surface area (Å²) in [6.45, 7) is 0.184. The first-order valence-electron chi connectivity index (χ1n) is 8.81. The average Bonchev–Trinajstić information content (AvgIpc) is 3.25. The Morgan fingerprint density at radius 3 is 2.60 bits per heavy atom. The molecule has 0 aliphatic heterocycles. The van der Waals surface area contributed by atoms with Gasteiger partial charge in [0.25, 0.3) is 11.8 Å². The number of carbonyl (C=O) groups excluding carboxylic acids is 2. The van der Waals surface area contributed by atoms with E-state index in [9.17, 15) is 9.59 Å². The highest BCUT2D eigenvalue weighted by molar-refractivity contribution is 6.36. The van der Waals surface area contributed by atoms with E-state index < -0.39 is 5.91 Å². The van der Waals surface area contributed by atoms with Gasteiger partial charge in [-0.15, -0.1) is 0 Å². The van der Waals surface area contributed by atoms with Crippen LogP contribution in [-0.2, 0) is 11.3 Å². The molecule has 2 N–H and O–H groups in total. The van der Waals surface area contributed by atoms with Crippen molar-refractivity contribution in [2.45, 2.75) is 6.54 Å². The van der Waals surface area contributed by atoms with Crippen LogP contribution in [0.25, 0.3) is 0 Å². The molecule has 0 radical (unpaired) electrons. The molecule has 1 heterocycles. The van der Waals surface area contributed by atoms with E-state index in [1.54, 1.807) is 48.7 Å². The average molecular weight is 446 g/mol. The van der Waals surface area contributed by atoms with Crippen LogP contribution in [0.2, 0.25) is 10.0 Å². The molecule has 9 heteroatoms. The first kappa shape index (κ1) is 21.4. The van der Waals surface area contributed by atoms with E-state index in [2.05, 4.69) is 15.8 Å². The third-order valence-electron chi connectivity index (χ3n) is 3.85. The second-order valence-corrected chi connectivity index (χ2v) is 6.88. The van der Waals surface area contributed by atoms with E-state index in [4.69, 9.17) is 32.4 Å². The van der Waals surface area contributed by atoms with E-state index in [0.29, 0.717) is 23.1 Å². The Morgan fingerprint density at radius 1 is 1.10 bits per heavy atom. The van der Waals surface area contributed by atoms with Crippen LogP contribution in [0.1, 0.15) is 21.7 Å². The molecule has 0 saturated heterocycles. The minimum absolute atomic E-state index is 0.119. The van der Waals surface area contributed by atoms with Gasteiger partial charge in [0.2, 0.25) is 0 Å². The Morgan fingerprint density at radius 2 is 1.90 bits per heavy atom. The Kier molecular flexibility index (Phi) is 7.48. The van der Waals surface area contributed by atoms with Gasteiger partial charge in [-0.25, -0.2) is 5.43 Å². The zero-order valence-corrected chi connectivity index (χ0v) is 17.1. The molecule has 0 spiro atoms. The van der Waals surface area contributed by atoms with Gasteiger partial charge in [0.15, 0.2) is 6.61 Å². The van der Waals surface area contributed by atoms with Gasteiger partial charge in [0.05, 0.1) is 29.6 Å². The van der Waals surface area contributed by atoms with Gasteiger partial charge in [-0.2, -0.15) is 5.10 Å². The number of furan rings is 1. The smallest absolute Gasteiger partial charge is 0.272 e. The third-order valence-corrected chi connectivity index (χ3v) is 4.39. The van der Waals surface area contributed by atoms with Crippen LogP contribution in [0, 0.1) is 0 Å². The fourth-order valence-electron chi connectivity index (χ4n) is 2.35. The Labute approximate surface area is 182 Å². The molecule has 7 nitrogen and oxygen atoms in total. The fourth-order valence-corrected chi connectivity index (χ4v) is 2.84. The number of hydrogen-bond acceptors (Lipinski definition) is 5. The number of ether oxygens (including phenoxy) is 1. The number of amides is 2. The summed E-state index contributed by atoms with van der Waals surface area (Å²) in [5.41, 5.74) is 3.40. The van der Waals surface area contributed by atoms with Gasteiger partial charge >= 0.3 is 0 Å². The van der Waals surface area contributed by atoms with Crippen LogP contribution in [-0.4, -0.2) is 24.6 Å². The van der Waals surface area contributed by atoms with Gasteiger partial charge in [-0.05, 0) is 60.2 Å². The fraction of sp³-hybridized carbons (Fsp3) is 0.0952. The summed E-state index contributed by atoms with van der Waals surface area (Å²) in [4.78, 5) is 23.9. The number of hydrazone groups is 1. The number of hydrogen-bond donors (Lipinski definition) is 2. The number of carbonyl (C=O) groups is 2. The minimum atomic E-state index is -0.451. The maximum absolute atomic E-state index is 12.1. The van der Waals surface area contributed by atoms with Crippen molar-refractivity contribution < 1.29 is 18.7 Å². The van der Waals surface area contributed by atoms with Gasteiger partial charge in [0, 0.05) is 5.02 Å². The summed E-state index contributed by atoms with van der Waals surface area (Å²) >= 11 is 11.8. The highest BCUT2D eigenvalue weighted by Gasteiger charge is 2.09. The predicted molar refractivity (Wildman–Crippen MR) is 114 cm³/mol. The second-order valence-electron chi connectivity index (χ2n) is 6.04. The van der Waals surface area contributed by atoms with E-state index in [0.717, 1.165) is 5.56 Å². The summed E-state index contributed by atoms with van der Waals surface area (Å²) in [7, 11) is 0. The number of benzene rings is 2. The highest BCUT2D eigenvalue weighted by atomic mass is 35.5. The maximum Gasteiger partial charge on any atom is 0.272 e. The standard InChI is InChI=1S/C21H17Cl2N3O4/c22-15-5-8-18(19(23)10-15)21(28)26-25-11-14-3-6-16(7-4-14)30-13-20(27)24-12-17-2-1-9-29-17/h1-11H,12-13H2,(H,24,27)(H,26,28). The molecule has 0 unspecified atom stereocenters. The topological polar surface area (TPSA) is 92.9 Å². The van der Waals surface area contributed by atoms with E-state index in [-0.39, 0.29) is 23.1 Å². The molecule has 0 aliphatic rings. The van der Waals surface area contributed by atoms with Crippen LogP contribution in [0.4, 0.5) is 0 Å². The molecule has 0 bridgehead atoms. The van der Waals surface area contributed by atoms with Crippen molar-refractivity contribution in [3.05, 3.63) is 87.8 Å². The Balaban J connectivity index is 1.44. The Hall–Kier alpha value is -3.29. The van der Waals surface area contributed by atoms with Gasteiger partial charge < -0.3 is 14.5 Å². The van der Waals surface area contributed by atoms with Gasteiger partial charge in [-0.1, -0.05) is 23.2 Å². The van der Waals surface area contributed by atoms with Gasteiger partial charge in [-0.3, -0.25) is 9.59 Å². The van der Waals surface area contributed by atoms with E-state index >= 15 is 0 Å². The van der Waals surface area contributed by atoms with Crippen molar-refractivity contribution >= 4 is 41.2 Å². The largest absolute Gasteiger partial charge is 0.484 e. The van der Waals surface area contributed by atoms with Crippen molar-refractivity contribution in [1.82, 2.24) is 10.7 Å². The molecule has 30 heavy (non-hydrogen) atoms. The summed E-state index contributed by atoms with van der Waals surface area (Å²) in [5, 5.41) is 7.28. The highest BCUT2D eigenvalue weighted by Crippen LogP contribution is 2.20. The lowest BCUT2D eigenvalue weighted by Gasteiger charge is -2.07. The normalized spacial score (nSPS) is 10.7. The lowest BCUT2D eigenvalue weighted by atomic mass is 10.2. The molecule has 0 fully saturated rings. The first-order chi connectivity index (χ1) is 14.5. The van der Waals surface area contributed by atoms with Crippen LogP contribution < -0.4 is 15.5 Å². The summed E-state index contributed by atoms with van der Waals surface area (Å²) in [6, 6.07) is 15.0. The lowest BCUT2D eigenvalue weighted by molar-refractivity contribution is -0.123. The molecule has 154 valence electrons. The lowest BCUT2D eigenvalue weighted by Crippen LogP contribution is -2.28. The van der Waals surface area contributed by atoms with Crippen LogP contribution in [0.5, 0.6) is 5.75 Å². The molecule has 0 aliphatic carbocycles. The SMILES string of the molecule is O=C(COc1ccc(C=NNC(=O)c2ccc(Cl)cc2Cl)cc1)NCc1ccco1. The van der Waals surface area contributed by atoms with Crippen LogP contribution >= 0.6 is 23.2 Å². The zero-order valence-electron chi connectivity index (χ0n) is 15.6. The van der Waals surface area contributed by atoms with E-state index in [1.807, 2.05) is 0 Å². The van der Waals surface area contributed by atoms with Crippen molar-refractivity contribution in [3.63, 3.8) is 0 Å². The molecule has 0 saturated carbocycles. The summed E-state index contributed by atoms with van der Waals surface area (Å²) in [5.74, 6) is 0.476. The third kappa shape index (κ3) is 6.37. The van der Waals surface area contributed by atoms with Crippen molar-refractivity contribution in [1.29, 1.82) is 0 Å². The molecular weight excluding hydrogens is 429 g/mol. The zero-order chi connectivity index (χ0) is 21.3. The monoisotopic (exact) mass is 445 g/mol. The van der Waals surface area contributed by atoms with Crippen LogP contribution in [0.3, 0.4) is 0 Å². The molecule has 3 rings (SSSR count).